The highest BCUT2D eigenvalue weighted by Gasteiger charge is 2.40. The van der Waals surface area contributed by atoms with E-state index in [1.54, 1.807) is 18.2 Å². The van der Waals surface area contributed by atoms with Gasteiger partial charge < -0.3 is 10.0 Å². The number of likely N-dealkylation sites (tertiary alicyclic amines) is 1. The molecule has 0 aromatic heterocycles. The average Bonchev–Trinajstić information content (AvgIpc) is 2.70. The summed E-state index contributed by atoms with van der Waals surface area (Å²) in [6, 6.07) is 4.51. The van der Waals surface area contributed by atoms with Gasteiger partial charge in [-0.05, 0) is 46.5 Å². The first-order valence-electron chi connectivity index (χ1n) is 5.90. The van der Waals surface area contributed by atoms with Crippen LogP contribution >= 0.6 is 31.9 Å². The minimum Gasteiger partial charge on any atom is -0.480 e. The Morgan fingerprint density at radius 2 is 2.05 bits per heavy atom. The maximum absolute atomic E-state index is 12.5. The smallest absolute Gasteiger partial charge is 0.326 e. The van der Waals surface area contributed by atoms with Crippen LogP contribution in [0.25, 0.3) is 0 Å². The highest BCUT2D eigenvalue weighted by atomic mass is 79.9. The number of carboxylic acid groups (broad SMARTS) is 1. The van der Waals surface area contributed by atoms with Crippen LogP contribution in [0, 0.1) is 5.92 Å². The molecule has 0 aliphatic carbocycles. The fraction of sp³-hybridized carbons (Fsp3) is 0.385. The molecular formula is C13H13Br2NO3. The first-order valence-corrected chi connectivity index (χ1v) is 7.49. The van der Waals surface area contributed by atoms with Crippen LogP contribution in [-0.4, -0.2) is 34.5 Å². The summed E-state index contributed by atoms with van der Waals surface area (Å²) >= 11 is 6.67. The van der Waals surface area contributed by atoms with E-state index in [-0.39, 0.29) is 11.8 Å². The van der Waals surface area contributed by atoms with E-state index >= 15 is 0 Å². The van der Waals surface area contributed by atoms with Gasteiger partial charge in [0.05, 0.1) is 5.56 Å². The van der Waals surface area contributed by atoms with Gasteiger partial charge in [-0.1, -0.05) is 22.9 Å². The number of carbonyl (C=O) groups is 2. The van der Waals surface area contributed by atoms with Crippen LogP contribution < -0.4 is 0 Å². The van der Waals surface area contributed by atoms with Crippen LogP contribution in [0.2, 0.25) is 0 Å². The molecular weight excluding hydrogens is 378 g/mol. The molecule has 2 atom stereocenters. The minimum atomic E-state index is -0.938. The van der Waals surface area contributed by atoms with Crippen molar-refractivity contribution in [2.45, 2.75) is 19.4 Å². The van der Waals surface area contributed by atoms with Crippen LogP contribution in [0.5, 0.6) is 0 Å². The predicted molar refractivity (Wildman–Crippen MR) is 78.1 cm³/mol. The number of halogens is 2. The quantitative estimate of drug-likeness (QED) is 0.843. The van der Waals surface area contributed by atoms with Gasteiger partial charge in [0.15, 0.2) is 0 Å². The summed E-state index contributed by atoms with van der Waals surface area (Å²) < 4.78 is 1.52. The van der Waals surface area contributed by atoms with E-state index in [2.05, 4.69) is 31.9 Å². The van der Waals surface area contributed by atoms with Crippen molar-refractivity contribution < 1.29 is 14.7 Å². The Hall–Kier alpha value is -0.880. The molecule has 1 aromatic carbocycles. The molecule has 1 aliphatic heterocycles. The zero-order chi connectivity index (χ0) is 14.2. The zero-order valence-electron chi connectivity index (χ0n) is 10.3. The minimum absolute atomic E-state index is 0.0179. The molecule has 6 heteroatoms. The third kappa shape index (κ3) is 2.84. The van der Waals surface area contributed by atoms with Gasteiger partial charge in [-0.2, -0.15) is 0 Å². The van der Waals surface area contributed by atoms with E-state index < -0.39 is 12.0 Å². The lowest BCUT2D eigenvalue weighted by Gasteiger charge is -2.23. The summed E-state index contributed by atoms with van der Waals surface area (Å²) in [5, 5.41) is 9.25. The van der Waals surface area contributed by atoms with E-state index in [1.807, 2.05) is 6.92 Å². The fourth-order valence-electron chi connectivity index (χ4n) is 2.37. The Kier molecular flexibility index (Phi) is 4.30. The van der Waals surface area contributed by atoms with E-state index in [0.717, 1.165) is 10.9 Å². The molecule has 0 saturated carbocycles. The van der Waals surface area contributed by atoms with Gasteiger partial charge in [0, 0.05) is 15.5 Å². The van der Waals surface area contributed by atoms with Gasteiger partial charge in [-0.3, -0.25) is 4.79 Å². The molecule has 2 rings (SSSR count). The summed E-state index contributed by atoms with van der Waals surface area (Å²) in [6.45, 7) is 2.35. The summed E-state index contributed by atoms with van der Waals surface area (Å²) in [4.78, 5) is 25.2. The molecule has 19 heavy (non-hydrogen) atoms. The topological polar surface area (TPSA) is 57.6 Å². The summed E-state index contributed by atoms with van der Waals surface area (Å²) in [6.07, 6.45) is 0.719. The molecule has 1 heterocycles. The second-order valence-corrected chi connectivity index (χ2v) is 6.44. The van der Waals surface area contributed by atoms with Gasteiger partial charge in [-0.25, -0.2) is 4.79 Å². The van der Waals surface area contributed by atoms with E-state index in [9.17, 15) is 14.7 Å². The van der Waals surface area contributed by atoms with Crippen molar-refractivity contribution in [3.05, 3.63) is 32.7 Å². The molecule has 1 saturated heterocycles. The van der Waals surface area contributed by atoms with Crippen LogP contribution in [0.1, 0.15) is 23.7 Å². The predicted octanol–water partition coefficient (Wildman–Crippen LogP) is 3.15. The molecule has 2 unspecified atom stereocenters. The number of amides is 1. The lowest BCUT2D eigenvalue weighted by atomic mass is 10.0. The van der Waals surface area contributed by atoms with Crippen molar-refractivity contribution in [3.8, 4) is 0 Å². The van der Waals surface area contributed by atoms with Gasteiger partial charge in [0.1, 0.15) is 6.04 Å². The second-order valence-electron chi connectivity index (χ2n) is 4.67. The van der Waals surface area contributed by atoms with Gasteiger partial charge in [-0.15, -0.1) is 0 Å². The van der Waals surface area contributed by atoms with Crippen molar-refractivity contribution in [2.75, 3.05) is 6.54 Å². The molecule has 1 aromatic rings. The molecule has 1 N–H and O–H groups in total. The SMILES string of the molecule is CC1CCN(C(=O)c2ccc(Br)cc2Br)C1C(=O)O. The highest BCUT2D eigenvalue weighted by molar-refractivity contribution is 9.11. The monoisotopic (exact) mass is 389 g/mol. The molecule has 1 fully saturated rings. The molecule has 0 spiro atoms. The van der Waals surface area contributed by atoms with E-state index in [0.29, 0.717) is 16.6 Å². The van der Waals surface area contributed by atoms with Crippen molar-refractivity contribution >= 4 is 43.7 Å². The highest BCUT2D eigenvalue weighted by Crippen LogP contribution is 2.29. The third-order valence-corrected chi connectivity index (χ3v) is 4.52. The lowest BCUT2D eigenvalue weighted by molar-refractivity contribution is -0.142. The zero-order valence-corrected chi connectivity index (χ0v) is 13.4. The van der Waals surface area contributed by atoms with Crippen molar-refractivity contribution in [1.29, 1.82) is 0 Å². The second kappa shape index (κ2) is 5.63. The van der Waals surface area contributed by atoms with Gasteiger partial charge in [0.25, 0.3) is 5.91 Å². The molecule has 1 aliphatic rings. The molecule has 0 radical (unpaired) electrons. The van der Waals surface area contributed by atoms with Crippen LogP contribution in [0.4, 0.5) is 0 Å². The number of carbonyl (C=O) groups excluding carboxylic acids is 1. The number of carboxylic acids is 1. The number of rotatable bonds is 2. The third-order valence-electron chi connectivity index (χ3n) is 3.38. The summed E-state index contributed by atoms with van der Waals surface area (Å²) in [5.74, 6) is -1.20. The number of benzene rings is 1. The van der Waals surface area contributed by atoms with Gasteiger partial charge in [0.2, 0.25) is 0 Å². The Labute approximate surface area is 128 Å². The Bertz CT molecular complexity index is 533. The summed E-state index contributed by atoms with van der Waals surface area (Å²) in [7, 11) is 0. The molecule has 1 amide bonds. The van der Waals surface area contributed by atoms with E-state index in [4.69, 9.17) is 0 Å². The number of hydrogen-bond donors (Lipinski definition) is 1. The standard InChI is InChI=1S/C13H13Br2NO3/c1-7-4-5-16(11(7)13(18)19)12(17)9-3-2-8(14)6-10(9)15/h2-3,6-7,11H,4-5H2,1H3,(H,18,19). The summed E-state index contributed by atoms with van der Waals surface area (Å²) in [5.41, 5.74) is 0.489. The van der Waals surface area contributed by atoms with Crippen molar-refractivity contribution in [2.24, 2.45) is 5.92 Å². The van der Waals surface area contributed by atoms with Gasteiger partial charge >= 0.3 is 5.97 Å². The van der Waals surface area contributed by atoms with Crippen LogP contribution in [0.3, 0.4) is 0 Å². The average molecular weight is 391 g/mol. The Morgan fingerprint density at radius 3 is 2.63 bits per heavy atom. The largest absolute Gasteiger partial charge is 0.480 e. The van der Waals surface area contributed by atoms with Crippen LogP contribution in [0.15, 0.2) is 27.1 Å². The Morgan fingerprint density at radius 1 is 1.37 bits per heavy atom. The fourth-order valence-corrected chi connectivity index (χ4v) is 3.59. The molecule has 0 bridgehead atoms. The number of aliphatic carboxylic acids is 1. The number of hydrogen-bond acceptors (Lipinski definition) is 2. The van der Waals surface area contributed by atoms with Crippen molar-refractivity contribution in [3.63, 3.8) is 0 Å². The number of nitrogens with zero attached hydrogens (tertiary/aromatic N) is 1. The van der Waals surface area contributed by atoms with Crippen molar-refractivity contribution in [1.82, 2.24) is 4.90 Å². The normalized spacial score (nSPS) is 22.6. The molecule has 4 nitrogen and oxygen atoms in total. The Balaban J connectivity index is 2.31. The lowest BCUT2D eigenvalue weighted by Crippen LogP contribution is -2.42. The maximum Gasteiger partial charge on any atom is 0.326 e. The first-order chi connectivity index (χ1) is 8.91. The maximum atomic E-state index is 12.5. The molecule has 102 valence electrons. The first kappa shape index (κ1) is 14.5. The van der Waals surface area contributed by atoms with Crippen LogP contribution in [-0.2, 0) is 4.79 Å². The van der Waals surface area contributed by atoms with E-state index in [1.165, 1.54) is 4.90 Å².